The maximum Gasteiger partial charge on any atom is 0.270 e. The van der Waals surface area contributed by atoms with Crippen LogP contribution < -0.4 is 10.6 Å². The molecule has 22 heavy (non-hydrogen) atoms. The molecule has 0 unspecified atom stereocenters. The van der Waals surface area contributed by atoms with Gasteiger partial charge in [0.1, 0.15) is 17.8 Å². The number of hydrogen-bond donors (Lipinski definition) is 2. The van der Waals surface area contributed by atoms with Crippen molar-refractivity contribution in [3.63, 3.8) is 0 Å². The van der Waals surface area contributed by atoms with Gasteiger partial charge in [-0.1, -0.05) is 39.0 Å². The molecule has 0 spiro atoms. The second kappa shape index (κ2) is 7.54. The maximum atomic E-state index is 12.0. The minimum absolute atomic E-state index is 0.176. The average molecular weight is 298 g/mol. The van der Waals surface area contributed by atoms with Gasteiger partial charge in [0.05, 0.1) is 0 Å². The first-order valence-electron chi connectivity index (χ1n) is 7.58. The molecule has 0 bridgehead atoms. The number of nitrogens with zero attached hydrogens (tertiary/aromatic N) is 2. The van der Waals surface area contributed by atoms with Gasteiger partial charge in [-0.3, -0.25) is 4.79 Å². The number of carbonyl (C=O) groups is 1. The highest BCUT2D eigenvalue weighted by molar-refractivity contribution is 5.92. The van der Waals surface area contributed by atoms with Crippen molar-refractivity contribution in [1.82, 2.24) is 15.3 Å². The highest BCUT2D eigenvalue weighted by Crippen LogP contribution is 2.26. The number of rotatable bonds is 6. The highest BCUT2D eigenvalue weighted by atomic mass is 16.1. The Morgan fingerprint density at radius 1 is 1.23 bits per heavy atom. The molecule has 0 saturated carbocycles. The molecule has 0 saturated heterocycles. The lowest BCUT2D eigenvalue weighted by atomic mass is 10.0. The maximum absolute atomic E-state index is 12.0. The minimum atomic E-state index is -0.176. The molecular weight excluding hydrogens is 276 g/mol. The molecule has 1 amide bonds. The Balaban J connectivity index is 2.19. The Morgan fingerprint density at radius 3 is 2.73 bits per heavy atom. The van der Waals surface area contributed by atoms with E-state index in [1.165, 1.54) is 11.9 Å². The summed E-state index contributed by atoms with van der Waals surface area (Å²) in [7, 11) is 0. The number of aromatic nitrogens is 2. The van der Waals surface area contributed by atoms with Crippen molar-refractivity contribution in [3.05, 3.63) is 47.9 Å². The molecule has 2 rings (SSSR count). The molecule has 2 aromatic rings. The van der Waals surface area contributed by atoms with E-state index >= 15 is 0 Å². The van der Waals surface area contributed by atoms with Crippen LogP contribution in [0.3, 0.4) is 0 Å². The number of amides is 1. The van der Waals surface area contributed by atoms with E-state index in [1.807, 2.05) is 25.1 Å². The van der Waals surface area contributed by atoms with Crippen LogP contribution in [0.15, 0.2) is 36.7 Å². The fraction of sp³-hybridized carbons (Fsp3) is 0.353. The lowest BCUT2D eigenvalue weighted by molar-refractivity contribution is 0.0948. The first-order valence-corrected chi connectivity index (χ1v) is 7.58. The molecule has 0 radical (unpaired) electrons. The third kappa shape index (κ3) is 4.04. The summed E-state index contributed by atoms with van der Waals surface area (Å²) in [5.41, 5.74) is 2.57. The molecule has 0 fully saturated rings. The van der Waals surface area contributed by atoms with Crippen molar-refractivity contribution in [3.8, 4) is 0 Å². The Kier molecular flexibility index (Phi) is 5.47. The van der Waals surface area contributed by atoms with Crippen molar-refractivity contribution in [1.29, 1.82) is 0 Å². The van der Waals surface area contributed by atoms with Crippen LogP contribution >= 0.6 is 0 Å². The summed E-state index contributed by atoms with van der Waals surface area (Å²) in [6, 6.07) is 9.76. The van der Waals surface area contributed by atoms with Crippen LogP contribution in [-0.2, 0) is 0 Å². The SMILES string of the molecule is CCCNC(=O)c1cc(Nc2ccccc2C(C)C)ncn1. The standard InChI is InChI=1S/C17H22N4O/c1-4-9-18-17(22)15-10-16(20-11-19-15)21-14-8-6-5-7-13(14)12(2)3/h5-8,10-12H,4,9H2,1-3H3,(H,18,22)(H,19,20,21). The fourth-order valence-corrected chi connectivity index (χ4v) is 2.13. The summed E-state index contributed by atoms with van der Waals surface area (Å²) in [6.45, 7) is 6.94. The first-order chi connectivity index (χ1) is 10.6. The predicted molar refractivity (Wildman–Crippen MR) is 88.5 cm³/mol. The van der Waals surface area contributed by atoms with Gasteiger partial charge in [-0.15, -0.1) is 0 Å². The third-order valence-corrected chi connectivity index (χ3v) is 3.28. The van der Waals surface area contributed by atoms with E-state index in [0.29, 0.717) is 24.0 Å². The number of benzene rings is 1. The summed E-state index contributed by atoms with van der Waals surface area (Å²) in [4.78, 5) is 20.2. The zero-order valence-corrected chi connectivity index (χ0v) is 13.3. The van der Waals surface area contributed by atoms with Gasteiger partial charge in [-0.05, 0) is 24.0 Å². The van der Waals surface area contributed by atoms with E-state index in [2.05, 4.69) is 40.5 Å². The van der Waals surface area contributed by atoms with Gasteiger partial charge < -0.3 is 10.6 Å². The Bertz CT molecular complexity index is 640. The van der Waals surface area contributed by atoms with Crippen LogP contribution in [0.2, 0.25) is 0 Å². The Labute approximate surface area is 131 Å². The number of carbonyl (C=O) groups excluding carboxylic acids is 1. The molecule has 0 aliphatic heterocycles. The molecule has 1 aromatic heterocycles. The van der Waals surface area contributed by atoms with Crippen molar-refractivity contribution >= 4 is 17.4 Å². The normalized spacial score (nSPS) is 10.5. The van der Waals surface area contributed by atoms with Gasteiger partial charge in [-0.25, -0.2) is 9.97 Å². The van der Waals surface area contributed by atoms with E-state index < -0.39 is 0 Å². The second-order valence-corrected chi connectivity index (χ2v) is 5.41. The fourth-order valence-electron chi connectivity index (χ4n) is 2.13. The third-order valence-electron chi connectivity index (χ3n) is 3.28. The van der Waals surface area contributed by atoms with E-state index in [-0.39, 0.29) is 5.91 Å². The Morgan fingerprint density at radius 2 is 2.00 bits per heavy atom. The van der Waals surface area contributed by atoms with Crippen molar-refractivity contribution in [2.75, 3.05) is 11.9 Å². The van der Waals surface area contributed by atoms with Gasteiger partial charge in [0, 0.05) is 18.3 Å². The molecule has 1 heterocycles. The number of hydrogen-bond acceptors (Lipinski definition) is 4. The van der Waals surface area contributed by atoms with Crippen LogP contribution in [0.4, 0.5) is 11.5 Å². The lowest BCUT2D eigenvalue weighted by Crippen LogP contribution is -2.25. The molecule has 0 atom stereocenters. The molecule has 5 nitrogen and oxygen atoms in total. The van der Waals surface area contributed by atoms with E-state index in [1.54, 1.807) is 6.07 Å². The summed E-state index contributed by atoms with van der Waals surface area (Å²) in [6.07, 6.45) is 2.30. The first kappa shape index (κ1) is 15.9. The zero-order valence-electron chi connectivity index (χ0n) is 13.3. The second-order valence-electron chi connectivity index (χ2n) is 5.41. The quantitative estimate of drug-likeness (QED) is 0.856. The predicted octanol–water partition coefficient (Wildman–Crippen LogP) is 3.48. The Hall–Kier alpha value is -2.43. The van der Waals surface area contributed by atoms with Crippen molar-refractivity contribution in [2.45, 2.75) is 33.1 Å². The molecule has 1 aromatic carbocycles. The van der Waals surface area contributed by atoms with Gasteiger partial charge in [0.25, 0.3) is 5.91 Å². The zero-order chi connectivity index (χ0) is 15.9. The topological polar surface area (TPSA) is 66.9 Å². The van der Waals surface area contributed by atoms with E-state index in [9.17, 15) is 4.79 Å². The van der Waals surface area contributed by atoms with Crippen LogP contribution in [-0.4, -0.2) is 22.4 Å². The largest absolute Gasteiger partial charge is 0.351 e. The van der Waals surface area contributed by atoms with Crippen LogP contribution in [0.1, 0.15) is 49.2 Å². The minimum Gasteiger partial charge on any atom is -0.351 e. The number of para-hydroxylation sites is 1. The molecular formula is C17H22N4O. The summed E-state index contributed by atoms with van der Waals surface area (Å²) >= 11 is 0. The van der Waals surface area contributed by atoms with Gasteiger partial charge in [0.2, 0.25) is 0 Å². The van der Waals surface area contributed by atoms with Gasteiger partial charge in [0.15, 0.2) is 0 Å². The van der Waals surface area contributed by atoms with E-state index in [0.717, 1.165) is 12.1 Å². The highest BCUT2D eigenvalue weighted by Gasteiger charge is 2.10. The summed E-state index contributed by atoms with van der Waals surface area (Å²) in [5.74, 6) is 0.840. The number of nitrogens with one attached hydrogen (secondary N) is 2. The molecule has 116 valence electrons. The summed E-state index contributed by atoms with van der Waals surface area (Å²) in [5, 5.41) is 6.09. The van der Waals surface area contributed by atoms with Crippen LogP contribution in [0.25, 0.3) is 0 Å². The monoisotopic (exact) mass is 298 g/mol. The van der Waals surface area contributed by atoms with Gasteiger partial charge in [-0.2, -0.15) is 0 Å². The molecule has 2 N–H and O–H groups in total. The number of anilines is 2. The molecule has 0 aliphatic carbocycles. The van der Waals surface area contributed by atoms with E-state index in [4.69, 9.17) is 0 Å². The van der Waals surface area contributed by atoms with Crippen molar-refractivity contribution < 1.29 is 4.79 Å². The molecule has 0 aliphatic rings. The average Bonchev–Trinajstić information content (AvgIpc) is 2.53. The van der Waals surface area contributed by atoms with Crippen molar-refractivity contribution in [2.24, 2.45) is 0 Å². The van der Waals surface area contributed by atoms with Gasteiger partial charge >= 0.3 is 0 Å². The van der Waals surface area contributed by atoms with Crippen LogP contribution in [0.5, 0.6) is 0 Å². The van der Waals surface area contributed by atoms with Crippen LogP contribution in [0, 0.1) is 0 Å². The lowest BCUT2D eigenvalue weighted by Gasteiger charge is -2.14. The summed E-state index contributed by atoms with van der Waals surface area (Å²) < 4.78 is 0. The smallest absolute Gasteiger partial charge is 0.270 e. The molecule has 5 heteroatoms.